The maximum absolute atomic E-state index is 5.65. The molecule has 3 nitrogen and oxygen atoms in total. The van der Waals surface area contributed by atoms with Crippen LogP contribution in [-0.4, -0.2) is 11.5 Å². The minimum Gasteiger partial charge on any atom is -0.444 e. The molecule has 1 aliphatic rings. The third kappa shape index (κ3) is 2.15. The summed E-state index contributed by atoms with van der Waals surface area (Å²) in [6.07, 6.45) is 4.29. The fraction of sp³-hybridized carbons (Fsp3) is 0.727. The van der Waals surface area contributed by atoms with Gasteiger partial charge in [-0.25, -0.2) is 4.98 Å². The standard InChI is InChI=1S/C11H18N2O/c1-3-4-12-7-11-13-6-10(14-11)9-5-8(9)2/h6,8-9,12H,3-5,7H2,1-2H3. The van der Waals surface area contributed by atoms with Gasteiger partial charge in [0.1, 0.15) is 5.76 Å². The lowest BCUT2D eigenvalue weighted by molar-refractivity contribution is 0.434. The van der Waals surface area contributed by atoms with Crippen LogP contribution in [-0.2, 0) is 6.54 Å². The normalized spacial score (nSPS) is 25.3. The number of nitrogens with one attached hydrogen (secondary N) is 1. The summed E-state index contributed by atoms with van der Waals surface area (Å²) in [7, 11) is 0. The largest absolute Gasteiger partial charge is 0.444 e. The van der Waals surface area contributed by atoms with Crippen LogP contribution in [0.25, 0.3) is 0 Å². The van der Waals surface area contributed by atoms with Crippen molar-refractivity contribution in [1.82, 2.24) is 10.3 Å². The van der Waals surface area contributed by atoms with E-state index in [2.05, 4.69) is 24.1 Å². The quantitative estimate of drug-likeness (QED) is 0.731. The van der Waals surface area contributed by atoms with E-state index in [0.29, 0.717) is 5.92 Å². The van der Waals surface area contributed by atoms with Crippen LogP contribution in [0, 0.1) is 5.92 Å². The van der Waals surface area contributed by atoms with Crippen molar-refractivity contribution < 1.29 is 4.42 Å². The Bertz CT molecular complexity index is 295. The van der Waals surface area contributed by atoms with Crippen LogP contribution in [0.3, 0.4) is 0 Å². The number of aromatic nitrogens is 1. The van der Waals surface area contributed by atoms with Gasteiger partial charge in [0.25, 0.3) is 0 Å². The summed E-state index contributed by atoms with van der Waals surface area (Å²) < 4.78 is 5.65. The maximum atomic E-state index is 5.65. The van der Waals surface area contributed by atoms with Gasteiger partial charge in [-0.2, -0.15) is 0 Å². The van der Waals surface area contributed by atoms with E-state index in [0.717, 1.165) is 37.1 Å². The SMILES string of the molecule is CCCNCc1ncc(C2CC2C)o1. The van der Waals surface area contributed by atoms with Crippen LogP contribution in [0.4, 0.5) is 0 Å². The van der Waals surface area contributed by atoms with Crippen LogP contribution in [0.15, 0.2) is 10.6 Å². The molecule has 78 valence electrons. The summed E-state index contributed by atoms with van der Waals surface area (Å²) in [5.74, 6) is 3.33. The fourth-order valence-electron chi connectivity index (χ4n) is 1.67. The van der Waals surface area contributed by atoms with E-state index in [1.807, 2.05) is 6.20 Å². The van der Waals surface area contributed by atoms with Gasteiger partial charge in [-0.1, -0.05) is 13.8 Å². The van der Waals surface area contributed by atoms with E-state index in [1.165, 1.54) is 6.42 Å². The summed E-state index contributed by atoms with van der Waals surface area (Å²) in [5.41, 5.74) is 0. The van der Waals surface area contributed by atoms with E-state index >= 15 is 0 Å². The monoisotopic (exact) mass is 194 g/mol. The topological polar surface area (TPSA) is 38.1 Å². The fourth-order valence-corrected chi connectivity index (χ4v) is 1.67. The molecule has 2 unspecified atom stereocenters. The van der Waals surface area contributed by atoms with Crippen molar-refractivity contribution in [3.63, 3.8) is 0 Å². The number of rotatable bonds is 5. The van der Waals surface area contributed by atoms with Gasteiger partial charge in [-0.05, 0) is 25.3 Å². The number of hydrogen-bond donors (Lipinski definition) is 1. The van der Waals surface area contributed by atoms with Gasteiger partial charge in [-0.3, -0.25) is 0 Å². The molecular weight excluding hydrogens is 176 g/mol. The Morgan fingerprint density at radius 2 is 2.43 bits per heavy atom. The number of nitrogens with zero attached hydrogens (tertiary/aromatic N) is 1. The first-order chi connectivity index (χ1) is 6.81. The summed E-state index contributed by atoms with van der Waals surface area (Å²) in [6.45, 7) is 6.19. The maximum Gasteiger partial charge on any atom is 0.208 e. The highest BCUT2D eigenvalue weighted by Gasteiger charge is 2.36. The zero-order valence-corrected chi connectivity index (χ0v) is 8.92. The molecule has 1 heterocycles. The Labute approximate surface area is 84.9 Å². The van der Waals surface area contributed by atoms with Crippen molar-refractivity contribution in [1.29, 1.82) is 0 Å². The highest BCUT2D eigenvalue weighted by molar-refractivity contribution is 5.11. The molecule has 14 heavy (non-hydrogen) atoms. The molecule has 1 N–H and O–H groups in total. The van der Waals surface area contributed by atoms with Crippen molar-refractivity contribution in [3.8, 4) is 0 Å². The molecule has 0 radical (unpaired) electrons. The van der Waals surface area contributed by atoms with Crippen molar-refractivity contribution in [2.24, 2.45) is 5.92 Å². The average Bonchev–Trinajstić information content (AvgIpc) is 2.74. The first-order valence-corrected chi connectivity index (χ1v) is 5.46. The van der Waals surface area contributed by atoms with E-state index in [4.69, 9.17) is 4.42 Å². The van der Waals surface area contributed by atoms with Gasteiger partial charge >= 0.3 is 0 Å². The minimum absolute atomic E-state index is 0.641. The molecule has 0 amide bonds. The van der Waals surface area contributed by atoms with E-state index in [9.17, 15) is 0 Å². The van der Waals surface area contributed by atoms with Crippen LogP contribution in [0.2, 0.25) is 0 Å². The first-order valence-electron chi connectivity index (χ1n) is 5.46. The number of hydrogen-bond acceptors (Lipinski definition) is 3. The van der Waals surface area contributed by atoms with Gasteiger partial charge in [-0.15, -0.1) is 0 Å². The Hall–Kier alpha value is -0.830. The summed E-state index contributed by atoms with van der Waals surface area (Å²) in [5, 5.41) is 3.28. The second kappa shape index (κ2) is 4.13. The third-order valence-corrected chi connectivity index (χ3v) is 2.75. The van der Waals surface area contributed by atoms with Crippen LogP contribution < -0.4 is 5.32 Å². The Morgan fingerprint density at radius 1 is 1.64 bits per heavy atom. The van der Waals surface area contributed by atoms with Gasteiger partial charge < -0.3 is 9.73 Å². The Balaban J connectivity index is 1.84. The molecule has 0 aromatic carbocycles. The van der Waals surface area contributed by atoms with Crippen LogP contribution >= 0.6 is 0 Å². The molecule has 2 rings (SSSR count). The predicted molar refractivity (Wildman–Crippen MR) is 55.0 cm³/mol. The minimum atomic E-state index is 0.641. The van der Waals surface area contributed by atoms with Crippen molar-refractivity contribution in [2.45, 2.75) is 39.2 Å². The zero-order chi connectivity index (χ0) is 9.97. The van der Waals surface area contributed by atoms with Gasteiger partial charge in [0, 0.05) is 5.92 Å². The summed E-state index contributed by atoms with van der Waals surface area (Å²) in [4.78, 5) is 4.25. The zero-order valence-electron chi connectivity index (χ0n) is 8.92. The van der Waals surface area contributed by atoms with Gasteiger partial charge in [0.15, 0.2) is 0 Å². The lowest BCUT2D eigenvalue weighted by atomic mass is 10.3. The van der Waals surface area contributed by atoms with E-state index in [-0.39, 0.29) is 0 Å². The van der Waals surface area contributed by atoms with Crippen molar-refractivity contribution >= 4 is 0 Å². The van der Waals surface area contributed by atoms with E-state index < -0.39 is 0 Å². The van der Waals surface area contributed by atoms with Crippen molar-refractivity contribution in [3.05, 3.63) is 17.8 Å². The molecule has 0 bridgehead atoms. The second-order valence-corrected chi connectivity index (χ2v) is 4.15. The molecule has 1 aromatic rings. The number of oxazole rings is 1. The second-order valence-electron chi connectivity index (χ2n) is 4.15. The first kappa shape index (κ1) is 9.71. The molecule has 1 fully saturated rings. The predicted octanol–water partition coefficient (Wildman–Crippen LogP) is 2.30. The highest BCUT2D eigenvalue weighted by Crippen LogP contribution is 2.46. The van der Waals surface area contributed by atoms with Crippen LogP contribution in [0.1, 0.15) is 44.3 Å². The van der Waals surface area contributed by atoms with Gasteiger partial charge in [0.2, 0.25) is 5.89 Å². The average molecular weight is 194 g/mol. The molecule has 0 saturated heterocycles. The smallest absolute Gasteiger partial charge is 0.208 e. The van der Waals surface area contributed by atoms with Gasteiger partial charge in [0.05, 0.1) is 12.7 Å². The molecule has 2 atom stereocenters. The summed E-state index contributed by atoms with van der Waals surface area (Å²) >= 11 is 0. The van der Waals surface area contributed by atoms with Crippen LogP contribution in [0.5, 0.6) is 0 Å². The molecule has 0 aliphatic heterocycles. The molecule has 1 aromatic heterocycles. The molecule has 1 saturated carbocycles. The lowest BCUT2D eigenvalue weighted by Crippen LogP contribution is -2.13. The van der Waals surface area contributed by atoms with Crippen molar-refractivity contribution in [2.75, 3.05) is 6.54 Å². The third-order valence-electron chi connectivity index (χ3n) is 2.75. The summed E-state index contributed by atoms with van der Waals surface area (Å²) in [6, 6.07) is 0. The molecular formula is C11H18N2O. The Kier molecular flexibility index (Phi) is 2.87. The molecule has 0 spiro atoms. The molecule has 1 aliphatic carbocycles. The van der Waals surface area contributed by atoms with E-state index in [1.54, 1.807) is 0 Å². The molecule has 3 heteroatoms. The lowest BCUT2D eigenvalue weighted by Gasteiger charge is -1.97. The highest BCUT2D eigenvalue weighted by atomic mass is 16.4. The Morgan fingerprint density at radius 3 is 3.07 bits per heavy atom.